The number of aromatic hydroxyl groups is 1. The number of aromatic nitrogens is 5. The van der Waals surface area contributed by atoms with Crippen LogP contribution in [0.25, 0.3) is 15.2 Å². The third-order valence-electron chi connectivity index (χ3n) is 6.82. The predicted molar refractivity (Wildman–Crippen MR) is 140 cm³/mol. The number of ether oxygens (including phenoxy) is 2. The third-order valence-corrected chi connectivity index (χ3v) is 8.10. The number of carbonyl (C=O) groups is 1. The highest BCUT2D eigenvalue weighted by molar-refractivity contribution is 7.21. The van der Waals surface area contributed by atoms with E-state index in [0.717, 1.165) is 28.0 Å². The molecule has 1 aliphatic rings. The first kappa shape index (κ1) is 26.7. The molecular formula is C25H27FN6O6S. The van der Waals surface area contributed by atoms with Crippen LogP contribution in [-0.2, 0) is 20.8 Å². The Labute approximate surface area is 225 Å². The van der Waals surface area contributed by atoms with Crippen LogP contribution in [0.3, 0.4) is 0 Å². The quantitative estimate of drug-likeness (QED) is 0.307. The smallest absolute Gasteiger partial charge is 0.332 e. The van der Waals surface area contributed by atoms with Crippen LogP contribution >= 0.6 is 11.3 Å². The van der Waals surface area contributed by atoms with E-state index < -0.39 is 29.2 Å². The molecular weight excluding hydrogens is 531 g/mol. The number of rotatable bonds is 9. The Balaban J connectivity index is 1.74. The predicted octanol–water partition coefficient (Wildman–Crippen LogP) is 1.77. The second kappa shape index (κ2) is 10.7. The third kappa shape index (κ3) is 4.75. The molecule has 5 rings (SSSR count). The Hall–Kier alpha value is -3.88. The number of hydrogen-bond acceptors (Lipinski definition) is 9. The number of methoxy groups -OCH3 is 1. The zero-order valence-corrected chi connectivity index (χ0v) is 22.4. The molecule has 14 heteroatoms. The highest BCUT2D eigenvalue weighted by Crippen LogP contribution is 2.34. The number of carbonyl (C=O) groups excluding carboxylic acids is 1. The van der Waals surface area contributed by atoms with Crippen LogP contribution in [0.4, 0.5) is 4.39 Å². The molecule has 1 aliphatic heterocycles. The van der Waals surface area contributed by atoms with Gasteiger partial charge in [0.25, 0.3) is 5.56 Å². The normalized spacial score (nSPS) is 16.5. The number of nitrogens with zero attached hydrogens (tertiary/aromatic N) is 6. The van der Waals surface area contributed by atoms with Crippen LogP contribution in [0.2, 0.25) is 0 Å². The highest BCUT2D eigenvalue weighted by atomic mass is 32.1. The van der Waals surface area contributed by atoms with E-state index in [-0.39, 0.29) is 42.4 Å². The fraction of sp³-hybridized carbons (Fsp3) is 0.400. The van der Waals surface area contributed by atoms with Gasteiger partial charge in [-0.3, -0.25) is 14.2 Å². The minimum absolute atomic E-state index is 0.0898. The Morgan fingerprint density at radius 1 is 1.21 bits per heavy atom. The molecule has 1 saturated heterocycles. The summed E-state index contributed by atoms with van der Waals surface area (Å²) in [6, 6.07) is 2.50. The van der Waals surface area contributed by atoms with Crippen molar-refractivity contribution in [3.8, 4) is 10.8 Å². The average molecular weight is 559 g/mol. The molecule has 1 amide bonds. The molecule has 0 unspecified atom stereocenters. The highest BCUT2D eigenvalue weighted by Gasteiger charge is 2.35. The maximum absolute atomic E-state index is 14.2. The molecule has 206 valence electrons. The van der Waals surface area contributed by atoms with Crippen molar-refractivity contribution in [1.82, 2.24) is 29.0 Å². The van der Waals surface area contributed by atoms with Crippen molar-refractivity contribution < 1.29 is 23.8 Å². The molecule has 2 atom stereocenters. The zero-order chi connectivity index (χ0) is 27.8. The molecule has 3 aromatic heterocycles. The fourth-order valence-corrected chi connectivity index (χ4v) is 6.03. The van der Waals surface area contributed by atoms with E-state index in [1.165, 1.54) is 39.8 Å². The van der Waals surface area contributed by atoms with E-state index in [9.17, 15) is 23.9 Å². The monoisotopic (exact) mass is 558 g/mol. The van der Waals surface area contributed by atoms with Crippen LogP contribution in [0.1, 0.15) is 29.7 Å². The molecule has 0 spiro atoms. The molecule has 0 radical (unpaired) electrons. The fourth-order valence-electron chi connectivity index (χ4n) is 4.81. The lowest BCUT2D eigenvalue weighted by Gasteiger charge is -2.22. The number of benzene rings is 1. The van der Waals surface area contributed by atoms with Gasteiger partial charge >= 0.3 is 5.69 Å². The van der Waals surface area contributed by atoms with Gasteiger partial charge in [-0.15, -0.1) is 4.80 Å². The van der Waals surface area contributed by atoms with E-state index in [4.69, 9.17) is 9.47 Å². The van der Waals surface area contributed by atoms with Gasteiger partial charge < -0.3 is 19.5 Å². The van der Waals surface area contributed by atoms with Crippen LogP contribution in [0.5, 0.6) is 5.75 Å². The van der Waals surface area contributed by atoms with Crippen molar-refractivity contribution in [2.75, 3.05) is 33.9 Å². The van der Waals surface area contributed by atoms with Crippen molar-refractivity contribution in [1.29, 1.82) is 0 Å². The standard InChI is InChI=1S/C25H27FN6O6S/c1-14-20-22(35)31(17-6-9-29(2)21(17)34)25(36)30(24(20)39-23(14)32-27-7-8-28-32)13-19(38-11-10-37-3)16-12-15(26)4-5-18(16)33/h4-5,7-8,12,17,19,33H,6,9-11,13H2,1-3H3/t17-,19-/m0/s1. The SMILES string of the molecule is COCCO[C@@H](Cn1c(=O)n([C@H]2CCN(C)C2=O)c(=O)c2c(C)c(-n3nccn3)sc21)c1cc(F)ccc1O. The molecule has 4 aromatic rings. The Kier molecular flexibility index (Phi) is 7.34. The van der Waals surface area contributed by atoms with Gasteiger partial charge in [0, 0.05) is 31.8 Å². The van der Waals surface area contributed by atoms with Crippen molar-refractivity contribution in [3.63, 3.8) is 0 Å². The average Bonchev–Trinajstić information content (AvgIpc) is 3.63. The topological polar surface area (TPSA) is 134 Å². The van der Waals surface area contributed by atoms with E-state index in [2.05, 4.69) is 10.2 Å². The van der Waals surface area contributed by atoms with E-state index in [0.29, 0.717) is 28.4 Å². The summed E-state index contributed by atoms with van der Waals surface area (Å²) >= 11 is 1.14. The van der Waals surface area contributed by atoms with Crippen molar-refractivity contribution >= 4 is 27.5 Å². The maximum atomic E-state index is 14.2. The summed E-state index contributed by atoms with van der Waals surface area (Å²) in [7, 11) is 3.12. The van der Waals surface area contributed by atoms with Gasteiger partial charge in [-0.1, -0.05) is 11.3 Å². The number of phenolic OH excluding ortho intramolecular Hbond substituents is 1. The van der Waals surface area contributed by atoms with Crippen molar-refractivity contribution in [2.45, 2.75) is 32.0 Å². The molecule has 1 aromatic carbocycles. The molecule has 12 nitrogen and oxygen atoms in total. The number of aryl methyl sites for hydroxylation is 1. The van der Waals surface area contributed by atoms with Gasteiger partial charge in [-0.25, -0.2) is 13.8 Å². The molecule has 0 aliphatic carbocycles. The Morgan fingerprint density at radius 2 is 1.95 bits per heavy atom. The van der Waals surface area contributed by atoms with Crippen LogP contribution in [-0.4, -0.2) is 74.0 Å². The number of phenols is 1. The molecule has 1 fully saturated rings. The van der Waals surface area contributed by atoms with Crippen LogP contribution in [0.15, 0.2) is 40.2 Å². The second-order valence-electron chi connectivity index (χ2n) is 9.22. The minimum Gasteiger partial charge on any atom is -0.508 e. The van der Waals surface area contributed by atoms with E-state index >= 15 is 0 Å². The zero-order valence-electron chi connectivity index (χ0n) is 21.5. The molecule has 1 N–H and O–H groups in total. The Morgan fingerprint density at radius 3 is 2.62 bits per heavy atom. The summed E-state index contributed by atoms with van der Waals surface area (Å²) in [6.45, 7) is 2.25. The van der Waals surface area contributed by atoms with Crippen molar-refractivity contribution in [3.05, 3.63) is 68.4 Å². The number of amides is 1. The molecule has 0 saturated carbocycles. The van der Waals surface area contributed by atoms with Crippen molar-refractivity contribution in [2.24, 2.45) is 0 Å². The summed E-state index contributed by atoms with van der Waals surface area (Å²) in [5.41, 5.74) is -0.623. The number of halogens is 1. The maximum Gasteiger partial charge on any atom is 0.332 e. The van der Waals surface area contributed by atoms with Gasteiger partial charge in [0.15, 0.2) is 0 Å². The summed E-state index contributed by atoms with van der Waals surface area (Å²) < 4.78 is 27.6. The van der Waals surface area contributed by atoms with Gasteiger partial charge in [0.2, 0.25) is 5.91 Å². The van der Waals surface area contributed by atoms with Gasteiger partial charge in [0.1, 0.15) is 33.5 Å². The number of likely N-dealkylation sites (tertiary alicyclic amines) is 1. The minimum atomic E-state index is -0.988. The lowest BCUT2D eigenvalue weighted by atomic mass is 10.1. The summed E-state index contributed by atoms with van der Waals surface area (Å²) in [6.07, 6.45) is 2.30. The summed E-state index contributed by atoms with van der Waals surface area (Å²) in [5, 5.41) is 19.7. The van der Waals surface area contributed by atoms with Gasteiger partial charge in [-0.2, -0.15) is 10.2 Å². The number of hydrogen-bond donors (Lipinski definition) is 1. The summed E-state index contributed by atoms with van der Waals surface area (Å²) in [4.78, 5) is 43.9. The van der Waals surface area contributed by atoms with E-state index in [1.54, 1.807) is 14.0 Å². The Bertz CT molecular complexity index is 1650. The van der Waals surface area contributed by atoms with Gasteiger partial charge in [-0.05, 0) is 31.5 Å². The first-order valence-corrected chi connectivity index (χ1v) is 13.0. The number of thiophene rings is 1. The number of likely N-dealkylation sites (N-methyl/N-ethyl adjacent to an activating group) is 1. The van der Waals surface area contributed by atoms with Crippen LogP contribution in [0, 0.1) is 12.7 Å². The molecule has 4 heterocycles. The first-order chi connectivity index (χ1) is 18.7. The molecule has 0 bridgehead atoms. The lowest BCUT2D eigenvalue weighted by Crippen LogP contribution is -2.44. The number of fused-ring (bicyclic) bond motifs is 1. The van der Waals surface area contributed by atoms with E-state index in [1.807, 2.05) is 0 Å². The first-order valence-electron chi connectivity index (χ1n) is 12.2. The van der Waals surface area contributed by atoms with Gasteiger partial charge in [0.05, 0.1) is 37.5 Å². The summed E-state index contributed by atoms with van der Waals surface area (Å²) in [5.74, 6) is -1.14. The second-order valence-corrected chi connectivity index (χ2v) is 10.2. The van der Waals surface area contributed by atoms with Crippen LogP contribution < -0.4 is 11.2 Å². The lowest BCUT2D eigenvalue weighted by molar-refractivity contribution is -0.129. The largest absolute Gasteiger partial charge is 0.508 e. The molecule has 39 heavy (non-hydrogen) atoms.